The number of hydrogen-bond acceptors (Lipinski definition) is 4. The van der Waals surface area contributed by atoms with Gasteiger partial charge in [0.25, 0.3) is 5.91 Å². The van der Waals surface area contributed by atoms with Crippen LogP contribution in [0.1, 0.15) is 28.8 Å². The molecule has 2 aromatic heterocycles. The minimum absolute atomic E-state index is 0.188. The molecule has 1 aliphatic rings. The number of carbonyl (C=O) groups excluding carboxylic acids is 2. The first-order valence-corrected chi connectivity index (χ1v) is 8.83. The summed E-state index contributed by atoms with van der Waals surface area (Å²) in [5.41, 5.74) is 2.15. The summed E-state index contributed by atoms with van der Waals surface area (Å²) in [5, 5.41) is 7.00. The fraction of sp³-hybridized carbons (Fsp3) is 0.200. The molecule has 2 amide bonds. The Balaban J connectivity index is 1.43. The van der Waals surface area contributed by atoms with Crippen molar-refractivity contribution >= 4 is 17.5 Å². The molecule has 0 atom stereocenters. The van der Waals surface area contributed by atoms with Crippen molar-refractivity contribution in [1.82, 2.24) is 19.7 Å². The molecule has 4 rings (SSSR count). The van der Waals surface area contributed by atoms with Gasteiger partial charge in [-0.3, -0.25) is 9.59 Å². The molecule has 0 aliphatic carbocycles. The van der Waals surface area contributed by atoms with Gasteiger partial charge in [0.15, 0.2) is 5.82 Å². The van der Waals surface area contributed by atoms with Crippen LogP contribution in [0.2, 0.25) is 0 Å². The van der Waals surface area contributed by atoms with Crippen LogP contribution in [-0.2, 0) is 11.3 Å². The van der Waals surface area contributed by atoms with E-state index in [1.165, 1.54) is 6.20 Å². The highest BCUT2D eigenvalue weighted by Gasteiger charge is 2.20. The van der Waals surface area contributed by atoms with E-state index in [1.54, 1.807) is 29.2 Å². The fourth-order valence-corrected chi connectivity index (χ4v) is 3.10. The van der Waals surface area contributed by atoms with Gasteiger partial charge in [-0.05, 0) is 42.3 Å². The van der Waals surface area contributed by atoms with Crippen molar-refractivity contribution in [2.75, 3.05) is 11.9 Å². The van der Waals surface area contributed by atoms with Crippen LogP contribution in [0.25, 0.3) is 5.82 Å². The van der Waals surface area contributed by atoms with Crippen molar-refractivity contribution in [3.63, 3.8) is 0 Å². The number of nitrogens with one attached hydrogen (secondary N) is 1. The van der Waals surface area contributed by atoms with Gasteiger partial charge < -0.3 is 10.2 Å². The maximum absolute atomic E-state index is 12.5. The van der Waals surface area contributed by atoms with Crippen LogP contribution >= 0.6 is 0 Å². The second-order valence-electron chi connectivity index (χ2n) is 6.43. The summed E-state index contributed by atoms with van der Waals surface area (Å²) in [6.07, 6.45) is 6.53. The molecule has 7 heteroatoms. The van der Waals surface area contributed by atoms with Gasteiger partial charge in [0.05, 0.1) is 5.56 Å². The number of anilines is 1. The van der Waals surface area contributed by atoms with Crippen LogP contribution in [0.5, 0.6) is 0 Å². The molecule has 0 radical (unpaired) electrons. The first-order valence-electron chi connectivity index (χ1n) is 8.83. The monoisotopic (exact) mass is 361 g/mol. The van der Waals surface area contributed by atoms with Crippen molar-refractivity contribution in [3.05, 3.63) is 72.2 Å². The van der Waals surface area contributed by atoms with Crippen molar-refractivity contribution in [1.29, 1.82) is 0 Å². The summed E-state index contributed by atoms with van der Waals surface area (Å²) in [6.45, 7) is 1.37. The van der Waals surface area contributed by atoms with E-state index in [0.717, 1.165) is 18.5 Å². The summed E-state index contributed by atoms with van der Waals surface area (Å²) in [5.74, 6) is 0.602. The molecule has 3 heterocycles. The van der Waals surface area contributed by atoms with Gasteiger partial charge in [-0.1, -0.05) is 12.1 Å². The molecule has 0 unspecified atom stereocenters. The third-order valence-electron chi connectivity index (χ3n) is 4.48. The topological polar surface area (TPSA) is 80.1 Å². The zero-order chi connectivity index (χ0) is 18.6. The van der Waals surface area contributed by atoms with Gasteiger partial charge in [-0.15, -0.1) is 0 Å². The highest BCUT2D eigenvalue weighted by atomic mass is 16.2. The van der Waals surface area contributed by atoms with E-state index < -0.39 is 0 Å². The molecular formula is C20H19N5O2. The first kappa shape index (κ1) is 17.0. The second-order valence-corrected chi connectivity index (χ2v) is 6.43. The second kappa shape index (κ2) is 7.41. The van der Waals surface area contributed by atoms with Crippen molar-refractivity contribution in [3.8, 4) is 5.82 Å². The van der Waals surface area contributed by atoms with Gasteiger partial charge >= 0.3 is 0 Å². The van der Waals surface area contributed by atoms with E-state index in [-0.39, 0.29) is 11.8 Å². The largest absolute Gasteiger partial charge is 0.338 e. The number of benzene rings is 1. The number of carbonyl (C=O) groups is 2. The minimum atomic E-state index is -0.232. The molecule has 0 bridgehead atoms. The molecular weight excluding hydrogens is 342 g/mol. The lowest BCUT2D eigenvalue weighted by Crippen LogP contribution is -2.23. The first-order chi connectivity index (χ1) is 13.2. The number of likely N-dealkylation sites (tertiary alicyclic amines) is 1. The number of aromatic nitrogens is 3. The summed E-state index contributed by atoms with van der Waals surface area (Å²) in [7, 11) is 0. The smallest absolute Gasteiger partial charge is 0.257 e. The molecule has 1 aliphatic heterocycles. The van der Waals surface area contributed by atoms with Crippen LogP contribution in [0.3, 0.4) is 0 Å². The number of amides is 2. The van der Waals surface area contributed by atoms with Crippen molar-refractivity contribution < 1.29 is 9.59 Å². The SMILES string of the molecule is O=C(Nc1cccc(CN2CCCC2=O)c1)c1ccc(-n2cccn2)nc1. The summed E-state index contributed by atoms with van der Waals surface area (Å²) < 4.78 is 1.63. The zero-order valence-electron chi connectivity index (χ0n) is 14.7. The minimum Gasteiger partial charge on any atom is -0.338 e. The van der Waals surface area contributed by atoms with Crippen LogP contribution < -0.4 is 5.32 Å². The van der Waals surface area contributed by atoms with E-state index in [2.05, 4.69) is 15.4 Å². The molecule has 1 aromatic carbocycles. The maximum Gasteiger partial charge on any atom is 0.257 e. The van der Waals surface area contributed by atoms with Gasteiger partial charge in [-0.2, -0.15) is 5.10 Å². The third-order valence-corrected chi connectivity index (χ3v) is 4.48. The summed E-state index contributed by atoms with van der Waals surface area (Å²) >= 11 is 0. The molecule has 136 valence electrons. The molecule has 0 saturated carbocycles. The van der Waals surface area contributed by atoms with Crippen LogP contribution in [0.15, 0.2) is 61.1 Å². The fourth-order valence-electron chi connectivity index (χ4n) is 3.10. The van der Waals surface area contributed by atoms with Crippen LogP contribution in [-0.4, -0.2) is 38.0 Å². The van der Waals surface area contributed by atoms with E-state index in [0.29, 0.717) is 30.0 Å². The lowest BCUT2D eigenvalue weighted by molar-refractivity contribution is -0.128. The van der Waals surface area contributed by atoms with Crippen LogP contribution in [0.4, 0.5) is 5.69 Å². The Bertz CT molecular complexity index is 951. The third kappa shape index (κ3) is 3.87. The Morgan fingerprint density at radius 3 is 2.81 bits per heavy atom. The predicted octanol–water partition coefficient (Wildman–Crippen LogP) is 2.64. The van der Waals surface area contributed by atoms with E-state index >= 15 is 0 Å². The normalized spacial score (nSPS) is 13.8. The van der Waals surface area contributed by atoms with Crippen LogP contribution in [0, 0.1) is 0 Å². The maximum atomic E-state index is 12.5. The van der Waals surface area contributed by atoms with Gasteiger partial charge in [0, 0.05) is 43.8 Å². The van der Waals surface area contributed by atoms with Gasteiger partial charge in [0.1, 0.15) is 0 Å². The average molecular weight is 361 g/mol. The van der Waals surface area contributed by atoms with Crippen molar-refractivity contribution in [2.45, 2.75) is 19.4 Å². The standard InChI is InChI=1S/C20H19N5O2/c26-19-6-2-10-24(19)14-15-4-1-5-17(12-15)23-20(27)16-7-8-18(21-13-16)25-11-3-9-22-25/h1,3-5,7-9,11-13H,2,6,10,14H2,(H,23,27). The molecule has 1 fully saturated rings. The molecule has 1 saturated heterocycles. The highest BCUT2D eigenvalue weighted by molar-refractivity contribution is 6.04. The number of nitrogens with zero attached hydrogens (tertiary/aromatic N) is 4. The highest BCUT2D eigenvalue weighted by Crippen LogP contribution is 2.18. The quantitative estimate of drug-likeness (QED) is 0.758. The zero-order valence-corrected chi connectivity index (χ0v) is 14.7. The molecule has 27 heavy (non-hydrogen) atoms. The van der Waals surface area contributed by atoms with Gasteiger partial charge in [0.2, 0.25) is 5.91 Å². The Morgan fingerprint density at radius 1 is 1.19 bits per heavy atom. The van der Waals surface area contributed by atoms with E-state index in [1.807, 2.05) is 35.2 Å². The number of rotatable bonds is 5. The summed E-state index contributed by atoms with van der Waals surface area (Å²) in [4.78, 5) is 30.4. The van der Waals surface area contributed by atoms with Gasteiger partial charge in [-0.25, -0.2) is 9.67 Å². The lowest BCUT2D eigenvalue weighted by Gasteiger charge is -2.16. The molecule has 1 N–H and O–H groups in total. The number of pyridine rings is 1. The van der Waals surface area contributed by atoms with E-state index in [4.69, 9.17) is 0 Å². The Hall–Kier alpha value is -3.48. The molecule has 7 nitrogen and oxygen atoms in total. The molecule has 3 aromatic rings. The predicted molar refractivity (Wildman–Crippen MR) is 100 cm³/mol. The summed E-state index contributed by atoms with van der Waals surface area (Å²) in [6, 6.07) is 12.8. The average Bonchev–Trinajstić information content (AvgIpc) is 3.35. The Morgan fingerprint density at radius 2 is 2.11 bits per heavy atom. The Labute approximate surface area is 156 Å². The molecule has 0 spiro atoms. The van der Waals surface area contributed by atoms with E-state index in [9.17, 15) is 9.59 Å². The lowest BCUT2D eigenvalue weighted by atomic mass is 10.1. The number of hydrogen-bond donors (Lipinski definition) is 1. The van der Waals surface area contributed by atoms with Crippen molar-refractivity contribution in [2.24, 2.45) is 0 Å². The Kier molecular flexibility index (Phi) is 4.65.